The van der Waals surface area contributed by atoms with Crippen molar-refractivity contribution in [3.05, 3.63) is 35.4 Å². The fraction of sp³-hybridized carbons (Fsp3) is 0.588. The van der Waals surface area contributed by atoms with E-state index in [4.69, 9.17) is 5.26 Å². The fourth-order valence-electron chi connectivity index (χ4n) is 3.14. The third-order valence-electron chi connectivity index (χ3n) is 4.88. The molecule has 0 radical (unpaired) electrons. The average molecular weight is 256 g/mol. The maximum Gasteiger partial charge on any atom is 0.0991 e. The first-order valence-corrected chi connectivity index (χ1v) is 7.43. The zero-order chi connectivity index (χ0) is 13.7. The number of likely N-dealkylation sites (tertiary alicyclic amines) is 1. The Morgan fingerprint density at radius 2 is 1.89 bits per heavy atom. The molecule has 0 bridgehead atoms. The van der Waals surface area contributed by atoms with Crippen LogP contribution >= 0.6 is 0 Å². The number of piperidine rings is 1. The minimum absolute atomic E-state index is 0.588. The minimum Gasteiger partial charge on any atom is -0.299 e. The van der Waals surface area contributed by atoms with Gasteiger partial charge in [0.15, 0.2) is 0 Å². The molecule has 0 aliphatic carbocycles. The van der Waals surface area contributed by atoms with Crippen molar-refractivity contribution in [1.82, 2.24) is 4.90 Å². The molecule has 2 heteroatoms. The van der Waals surface area contributed by atoms with Gasteiger partial charge in [-0.25, -0.2) is 0 Å². The average Bonchev–Trinajstić information content (AvgIpc) is 2.48. The lowest BCUT2D eigenvalue weighted by Gasteiger charge is -2.41. The van der Waals surface area contributed by atoms with Crippen molar-refractivity contribution in [3.8, 4) is 6.07 Å². The van der Waals surface area contributed by atoms with Crippen LogP contribution in [0.1, 0.15) is 50.7 Å². The standard InChI is InChI=1S/C17H24N2/c1-3-17(4-2)8-10-19(11-9-17)14-16-7-5-6-15(12-16)13-18/h5-7,12H,3-4,8-11,14H2,1-2H3. The summed E-state index contributed by atoms with van der Waals surface area (Å²) in [5.74, 6) is 0. The number of benzene rings is 1. The minimum atomic E-state index is 0.588. The Bertz CT molecular complexity index is 445. The SMILES string of the molecule is CCC1(CC)CCN(Cc2cccc(C#N)c2)CC1. The largest absolute Gasteiger partial charge is 0.299 e. The molecule has 102 valence electrons. The predicted molar refractivity (Wildman–Crippen MR) is 78.7 cm³/mol. The van der Waals surface area contributed by atoms with Crippen molar-refractivity contribution in [1.29, 1.82) is 5.26 Å². The van der Waals surface area contributed by atoms with Crippen LogP contribution in [0.5, 0.6) is 0 Å². The summed E-state index contributed by atoms with van der Waals surface area (Å²) in [6.07, 6.45) is 5.25. The molecule has 19 heavy (non-hydrogen) atoms. The second kappa shape index (κ2) is 6.21. The Kier molecular flexibility index (Phi) is 4.61. The molecule has 1 aromatic rings. The smallest absolute Gasteiger partial charge is 0.0991 e. The number of hydrogen-bond donors (Lipinski definition) is 0. The molecule has 2 nitrogen and oxygen atoms in total. The molecule has 0 amide bonds. The van der Waals surface area contributed by atoms with E-state index in [1.807, 2.05) is 18.2 Å². The number of hydrogen-bond acceptors (Lipinski definition) is 2. The van der Waals surface area contributed by atoms with Crippen molar-refractivity contribution in [2.45, 2.75) is 46.1 Å². The number of nitrogens with zero attached hydrogens (tertiary/aromatic N) is 2. The molecule has 0 N–H and O–H groups in total. The van der Waals surface area contributed by atoms with Crippen LogP contribution in [0.4, 0.5) is 0 Å². The quantitative estimate of drug-likeness (QED) is 0.815. The summed E-state index contributed by atoms with van der Waals surface area (Å²) in [6.45, 7) is 8.03. The van der Waals surface area contributed by atoms with Crippen molar-refractivity contribution in [2.75, 3.05) is 13.1 Å². The zero-order valence-electron chi connectivity index (χ0n) is 12.2. The van der Waals surface area contributed by atoms with E-state index in [0.717, 1.165) is 12.1 Å². The topological polar surface area (TPSA) is 27.0 Å². The van der Waals surface area contributed by atoms with Crippen LogP contribution in [0.15, 0.2) is 24.3 Å². The third kappa shape index (κ3) is 3.36. The Labute approximate surface area is 117 Å². The van der Waals surface area contributed by atoms with E-state index in [-0.39, 0.29) is 0 Å². The van der Waals surface area contributed by atoms with Gasteiger partial charge in [-0.3, -0.25) is 4.90 Å². The maximum atomic E-state index is 8.94. The van der Waals surface area contributed by atoms with E-state index in [1.165, 1.54) is 44.3 Å². The molecular weight excluding hydrogens is 232 g/mol. The van der Waals surface area contributed by atoms with Crippen LogP contribution in [0.3, 0.4) is 0 Å². The summed E-state index contributed by atoms with van der Waals surface area (Å²) in [6, 6.07) is 10.2. The highest BCUT2D eigenvalue weighted by atomic mass is 15.1. The number of nitriles is 1. The van der Waals surface area contributed by atoms with Gasteiger partial charge in [0.05, 0.1) is 11.6 Å². The van der Waals surface area contributed by atoms with E-state index in [2.05, 4.69) is 30.9 Å². The first kappa shape index (κ1) is 14.1. The van der Waals surface area contributed by atoms with Crippen LogP contribution in [-0.2, 0) is 6.54 Å². The second-order valence-corrected chi connectivity index (χ2v) is 5.80. The lowest BCUT2D eigenvalue weighted by Crippen LogP contribution is -2.39. The summed E-state index contributed by atoms with van der Waals surface area (Å²) in [7, 11) is 0. The van der Waals surface area contributed by atoms with E-state index in [9.17, 15) is 0 Å². The predicted octanol–water partition coefficient (Wildman–Crippen LogP) is 3.96. The van der Waals surface area contributed by atoms with E-state index >= 15 is 0 Å². The van der Waals surface area contributed by atoms with Crippen LogP contribution < -0.4 is 0 Å². The second-order valence-electron chi connectivity index (χ2n) is 5.80. The molecule has 1 heterocycles. The van der Waals surface area contributed by atoms with Gasteiger partial charge in [0.1, 0.15) is 0 Å². The monoisotopic (exact) mass is 256 g/mol. The molecule has 0 unspecified atom stereocenters. The zero-order valence-corrected chi connectivity index (χ0v) is 12.2. The molecule has 0 spiro atoms. The lowest BCUT2D eigenvalue weighted by atomic mass is 9.74. The lowest BCUT2D eigenvalue weighted by molar-refractivity contribution is 0.0909. The van der Waals surface area contributed by atoms with E-state index < -0.39 is 0 Å². The van der Waals surface area contributed by atoms with Gasteiger partial charge in [-0.15, -0.1) is 0 Å². The Morgan fingerprint density at radius 1 is 1.21 bits per heavy atom. The van der Waals surface area contributed by atoms with Crippen LogP contribution in [0.2, 0.25) is 0 Å². The summed E-state index contributed by atoms with van der Waals surface area (Å²) in [5, 5.41) is 8.94. The Balaban J connectivity index is 1.94. The van der Waals surface area contributed by atoms with Crippen LogP contribution in [-0.4, -0.2) is 18.0 Å². The summed E-state index contributed by atoms with van der Waals surface area (Å²) >= 11 is 0. The Hall–Kier alpha value is -1.33. The van der Waals surface area contributed by atoms with Gasteiger partial charge in [0, 0.05) is 6.54 Å². The summed E-state index contributed by atoms with van der Waals surface area (Å²) < 4.78 is 0. The van der Waals surface area contributed by atoms with Gasteiger partial charge in [0.25, 0.3) is 0 Å². The van der Waals surface area contributed by atoms with Gasteiger partial charge in [-0.05, 0) is 49.0 Å². The highest BCUT2D eigenvalue weighted by Gasteiger charge is 2.30. The van der Waals surface area contributed by atoms with Crippen LogP contribution in [0, 0.1) is 16.7 Å². The molecule has 0 atom stereocenters. The molecule has 1 aromatic carbocycles. The molecule has 0 saturated carbocycles. The molecule has 1 aliphatic rings. The summed E-state index contributed by atoms with van der Waals surface area (Å²) in [4.78, 5) is 2.53. The normalized spacial score (nSPS) is 19.0. The van der Waals surface area contributed by atoms with Gasteiger partial charge in [0.2, 0.25) is 0 Å². The third-order valence-corrected chi connectivity index (χ3v) is 4.88. The number of rotatable bonds is 4. The molecule has 2 rings (SSSR count). The van der Waals surface area contributed by atoms with E-state index in [1.54, 1.807) is 0 Å². The van der Waals surface area contributed by atoms with E-state index in [0.29, 0.717) is 5.41 Å². The molecule has 1 saturated heterocycles. The van der Waals surface area contributed by atoms with Gasteiger partial charge < -0.3 is 0 Å². The highest BCUT2D eigenvalue weighted by Crippen LogP contribution is 2.38. The van der Waals surface area contributed by atoms with Crippen molar-refractivity contribution in [2.24, 2.45) is 5.41 Å². The van der Waals surface area contributed by atoms with Gasteiger partial charge >= 0.3 is 0 Å². The fourth-order valence-corrected chi connectivity index (χ4v) is 3.14. The molecule has 1 fully saturated rings. The van der Waals surface area contributed by atoms with Crippen molar-refractivity contribution < 1.29 is 0 Å². The molecule has 1 aliphatic heterocycles. The van der Waals surface area contributed by atoms with Crippen LogP contribution in [0.25, 0.3) is 0 Å². The first-order valence-electron chi connectivity index (χ1n) is 7.43. The molecular formula is C17H24N2. The first-order chi connectivity index (χ1) is 9.21. The summed E-state index contributed by atoms with van der Waals surface area (Å²) in [5.41, 5.74) is 2.62. The Morgan fingerprint density at radius 3 is 2.47 bits per heavy atom. The van der Waals surface area contributed by atoms with Gasteiger partial charge in [-0.1, -0.05) is 38.8 Å². The van der Waals surface area contributed by atoms with Crippen molar-refractivity contribution >= 4 is 0 Å². The van der Waals surface area contributed by atoms with Crippen molar-refractivity contribution in [3.63, 3.8) is 0 Å². The van der Waals surface area contributed by atoms with Gasteiger partial charge in [-0.2, -0.15) is 5.26 Å². The highest BCUT2D eigenvalue weighted by molar-refractivity contribution is 5.32. The maximum absolute atomic E-state index is 8.94. The molecule has 0 aromatic heterocycles.